The van der Waals surface area contributed by atoms with Gasteiger partial charge in [-0.1, -0.05) is 31.6 Å². The molecule has 0 aromatic heterocycles. The zero-order valence-electron chi connectivity index (χ0n) is 12.1. The van der Waals surface area contributed by atoms with Crippen LogP contribution in [-0.2, 0) is 16.6 Å². The predicted octanol–water partition coefficient (Wildman–Crippen LogP) is 4.08. The quantitative estimate of drug-likeness (QED) is 0.819. The van der Waals surface area contributed by atoms with Crippen LogP contribution in [0.2, 0.25) is 0 Å². The Morgan fingerprint density at radius 1 is 1.45 bits per heavy atom. The average Bonchev–Trinajstić information content (AvgIpc) is 2.43. The topological polar surface area (TPSA) is 37.3 Å². The van der Waals surface area contributed by atoms with E-state index in [9.17, 15) is 9.90 Å². The Kier molecular flexibility index (Phi) is 4.43. The second kappa shape index (κ2) is 6.08. The van der Waals surface area contributed by atoms with Gasteiger partial charge < -0.3 is 5.11 Å². The first-order chi connectivity index (χ1) is 9.61. The smallest absolute Gasteiger partial charge is 0.155 e. The summed E-state index contributed by atoms with van der Waals surface area (Å²) in [7, 11) is 0. The summed E-state index contributed by atoms with van der Waals surface area (Å²) in [6.45, 7) is 6.00. The number of aromatic hydroxyl groups is 1. The van der Waals surface area contributed by atoms with Crippen molar-refractivity contribution in [3.05, 3.63) is 54.1 Å². The van der Waals surface area contributed by atoms with E-state index in [0.29, 0.717) is 12.2 Å². The van der Waals surface area contributed by atoms with Gasteiger partial charge in [-0.05, 0) is 48.6 Å². The second-order valence-corrected chi connectivity index (χ2v) is 5.54. The summed E-state index contributed by atoms with van der Waals surface area (Å²) in [5.41, 5.74) is 2.25. The molecule has 0 aliphatic heterocycles. The number of carbonyl (C=O) groups is 1. The highest BCUT2D eigenvalue weighted by molar-refractivity contribution is 5.91. The first-order valence-corrected chi connectivity index (χ1v) is 7.26. The molecule has 0 amide bonds. The van der Waals surface area contributed by atoms with Gasteiger partial charge in [-0.3, -0.25) is 4.79 Å². The normalized spacial score (nSPS) is 21.9. The summed E-state index contributed by atoms with van der Waals surface area (Å²) in [5, 5.41) is 9.73. The van der Waals surface area contributed by atoms with E-state index in [1.165, 1.54) is 11.1 Å². The van der Waals surface area contributed by atoms with E-state index in [1.807, 2.05) is 24.3 Å². The van der Waals surface area contributed by atoms with E-state index in [-0.39, 0.29) is 11.2 Å². The Bertz CT molecular complexity index is 542. The van der Waals surface area contributed by atoms with Crippen molar-refractivity contribution in [1.29, 1.82) is 0 Å². The number of ketones is 1. The van der Waals surface area contributed by atoms with E-state index in [2.05, 4.69) is 13.5 Å². The molecule has 106 valence electrons. The highest BCUT2D eigenvalue weighted by Gasteiger charge is 2.33. The molecule has 2 heteroatoms. The summed E-state index contributed by atoms with van der Waals surface area (Å²) in [6, 6.07) is 5.60. The lowest BCUT2D eigenvalue weighted by molar-refractivity contribution is -0.115. The Hall–Kier alpha value is -1.83. The summed E-state index contributed by atoms with van der Waals surface area (Å²) in [5.74, 6) is 0.502. The third-order valence-electron chi connectivity index (χ3n) is 4.06. The number of phenols is 1. The van der Waals surface area contributed by atoms with Crippen LogP contribution in [0.5, 0.6) is 5.75 Å². The fourth-order valence-corrected chi connectivity index (χ4v) is 3.07. The van der Waals surface area contributed by atoms with Crippen LogP contribution < -0.4 is 0 Å². The van der Waals surface area contributed by atoms with Crippen molar-refractivity contribution >= 4 is 5.78 Å². The number of benzene rings is 1. The van der Waals surface area contributed by atoms with Gasteiger partial charge in [0.15, 0.2) is 5.78 Å². The molecule has 0 saturated heterocycles. The van der Waals surface area contributed by atoms with E-state index in [4.69, 9.17) is 0 Å². The third kappa shape index (κ3) is 2.84. The van der Waals surface area contributed by atoms with Crippen molar-refractivity contribution in [2.45, 2.75) is 44.4 Å². The van der Waals surface area contributed by atoms with Crippen LogP contribution in [0.1, 0.15) is 43.7 Å². The largest absolute Gasteiger partial charge is 0.508 e. The van der Waals surface area contributed by atoms with Crippen molar-refractivity contribution < 1.29 is 9.90 Å². The first-order valence-electron chi connectivity index (χ1n) is 7.26. The lowest BCUT2D eigenvalue weighted by Gasteiger charge is -2.34. The van der Waals surface area contributed by atoms with Crippen molar-refractivity contribution in [2.75, 3.05) is 0 Å². The van der Waals surface area contributed by atoms with Crippen LogP contribution in [0.25, 0.3) is 0 Å². The second-order valence-electron chi connectivity index (χ2n) is 5.54. The van der Waals surface area contributed by atoms with Crippen molar-refractivity contribution in [3.8, 4) is 5.75 Å². The standard InChI is InChI=1S/C18H22O2/c1-3-5-14-13-16(20)6-7-17(14)18(10-4-2)11-8-15(19)9-12-18/h4,6-8,11,13,20H,2-3,5,9-10,12H2,1H3/t18-/m0/s1. The van der Waals surface area contributed by atoms with Gasteiger partial charge >= 0.3 is 0 Å². The van der Waals surface area contributed by atoms with Crippen molar-refractivity contribution in [2.24, 2.45) is 0 Å². The van der Waals surface area contributed by atoms with Crippen molar-refractivity contribution in [3.63, 3.8) is 0 Å². The summed E-state index contributed by atoms with van der Waals surface area (Å²) in [4.78, 5) is 11.5. The van der Waals surface area contributed by atoms with Gasteiger partial charge in [0, 0.05) is 11.8 Å². The lowest BCUT2D eigenvalue weighted by atomic mass is 9.69. The molecular weight excluding hydrogens is 248 g/mol. The van der Waals surface area contributed by atoms with Crippen LogP contribution >= 0.6 is 0 Å². The summed E-state index contributed by atoms with van der Waals surface area (Å²) < 4.78 is 0. The van der Waals surface area contributed by atoms with Gasteiger partial charge in [-0.2, -0.15) is 0 Å². The fraction of sp³-hybridized carbons (Fsp3) is 0.389. The highest BCUT2D eigenvalue weighted by Crippen LogP contribution is 2.40. The molecule has 1 N–H and O–H groups in total. The monoisotopic (exact) mass is 270 g/mol. The van der Waals surface area contributed by atoms with Crippen LogP contribution in [0.3, 0.4) is 0 Å². The molecule has 0 unspecified atom stereocenters. The molecule has 1 aromatic carbocycles. The molecule has 1 aliphatic rings. The molecule has 0 radical (unpaired) electrons. The van der Waals surface area contributed by atoms with Gasteiger partial charge in [-0.15, -0.1) is 6.58 Å². The van der Waals surface area contributed by atoms with Crippen molar-refractivity contribution in [1.82, 2.24) is 0 Å². The molecular formula is C18H22O2. The predicted molar refractivity (Wildman–Crippen MR) is 82.0 cm³/mol. The number of aryl methyl sites for hydroxylation is 1. The molecule has 0 saturated carbocycles. The Balaban J connectivity index is 2.52. The molecule has 1 aromatic rings. The molecule has 0 bridgehead atoms. The van der Waals surface area contributed by atoms with Crippen LogP contribution in [0, 0.1) is 0 Å². The number of carbonyl (C=O) groups excluding carboxylic acids is 1. The van der Waals surface area contributed by atoms with Crippen LogP contribution in [-0.4, -0.2) is 10.9 Å². The summed E-state index contributed by atoms with van der Waals surface area (Å²) in [6.07, 6.45) is 9.84. The Labute approximate surface area is 120 Å². The average molecular weight is 270 g/mol. The fourth-order valence-electron chi connectivity index (χ4n) is 3.07. The molecule has 0 heterocycles. The minimum atomic E-state index is -0.145. The molecule has 0 spiro atoms. The van der Waals surface area contributed by atoms with E-state index >= 15 is 0 Å². The third-order valence-corrected chi connectivity index (χ3v) is 4.06. The number of hydrogen-bond donors (Lipinski definition) is 1. The number of phenolic OH excluding ortho intramolecular Hbond substituents is 1. The van der Waals surface area contributed by atoms with Gasteiger partial charge in [-0.25, -0.2) is 0 Å². The minimum absolute atomic E-state index is 0.145. The maximum Gasteiger partial charge on any atom is 0.155 e. The lowest BCUT2D eigenvalue weighted by Crippen LogP contribution is -2.28. The highest BCUT2D eigenvalue weighted by atomic mass is 16.3. The molecule has 20 heavy (non-hydrogen) atoms. The number of rotatable bonds is 5. The SMILES string of the molecule is C=CC[C@]1(c2ccc(O)cc2CCC)C=CC(=O)CC1. The molecule has 2 nitrogen and oxygen atoms in total. The zero-order chi connectivity index (χ0) is 14.6. The van der Waals surface area contributed by atoms with Gasteiger partial charge in [0.1, 0.15) is 5.75 Å². The van der Waals surface area contributed by atoms with E-state index < -0.39 is 0 Å². The maximum atomic E-state index is 11.5. The van der Waals surface area contributed by atoms with Gasteiger partial charge in [0.25, 0.3) is 0 Å². The Morgan fingerprint density at radius 3 is 2.85 bits per heavy atom. The molecule has 0 fully saturated rings. The molecule has 2 rings (SSSR count). The summed E-state index contributed by atoms with van der Waals surface area (Å²) >= 11 is 0. The number of allylic oxidation sites excluding steroid dienone is 3. The first kappa shape index (κ1) is 14.6. The zero-order valence-corrected chi connectivity index (χ0v) is 12.1. The van der Waals surface area contributed by atoms with Gasteiger partial charge in [0.2, 0.25) is 0 Å². The molecule has 1 aliphatic carbocycles. The maximum absolute atomic E-state index is 11.5. The van der Waals surface area contributed by atoms with E-state index in [1.54, 1.807) is 12.1 Å². The van der Waals surface area contributed by atoms with Gasteiger partial charge in [0.05, 0.1) is 0 Å². The minimum Gasteiger partial charge on any atom is -0.508 e. The van der Waals surface area contributed by atoms with E-state index in [0.717, 1.165) is 25.7 Å². The number of hydrogen-bond acceptors (Lipinski definition) is 2. The Morgan fingerprint density at radius 2 is 2.25 bits per heavy atom. The van der Waals surface area contributed by atoms with Crippen LogP contribution in [0.15, 0.2) is 43.0 Å². The van der Waals surface area contributed by atoms with Crippen LogP contribution in [0.4, 0.5) is 0 Å². The molecule has 1 atom stereocenters.